The van der Waals surface area contributed by atoms with Gasteiger partial charge in [-0.05, 0) is 68.5 Å². The number of imide groups is 1. The summed E-state index contributed by atoms with van der Waals surface area (Å²) in [5.74, 6) is -1.06. The second-order valence-corrected chi connectivity index (χ2v) is 8.74. The number of anilines is 2. The van der Waals surface area contributed by atoms with Gasteiger partial charge in [0.1, 0.15) is 5.75 Å². The predicted octanol–water partition coefficient (Wildman–Crippen LogP) is 3.81. The SMILES string of the molecule is CCOc1ccccc1NC(=O)COC(=O)c1ccc(N2C(=O)[C@H]3C[C@@H](C)CC[C@H]3C2=O)cc1. The smallest absolute Gasteiger partial charge is 0.338 e. The van der Waals surface area contributed by atoms with Crippen LogP contribution in [0.4, 0.5) is 11.4 Å². The summed E-state index contributed by atoms with van der Waals surface area (Å²) in [4.78, 5) is 51.6. The Bertz CT molecular complexity index is 1100. The maximum absolute atomic E-state index is 12.9. The van der Waals surface area contributed by atoms with Gasteiger partial charge in [-0.1, -0.05) is 19.1 Å². The number of nitrogens with zero attached hydrogens (tertiary/aromatic N) is 1. The molecule has 0 spiro atoms. The first-order valence-electron chi connectivity index (χ1n) is 11.6. The number of para-hydroxylation sites is 2. The molecule has 1 saturated heterocycles. The van der Waals surface area contributed by atoms with Crippen LogP contribution < -0.4 is 15.0 Å². The van der Waals surface area contributed by atoms with Crippen LogP contribution in [0.2, 0.25) is 0 Å². The minimum atomic E-state index is -0.679. The fourth-order valence-electron chi connectivity index (χ4n) is 4.64. The molecule has 8 nitrogen and oxygen atoms in total. The first kappa shape index (κ1) is 23.5. The van der Waals surface area contributed by atoms with Gasteiger partial charge in [0.05, 0.1) is 35.4 Å². The molecule has 1 aliphatic carbocycles. The van der Waals surface area contributed by atoms with E-state index in [2.05, 4.69) is 12.2 Å². The van der Waals surface area contributed by atoms with E-state index in [4.69, 9.17) is 9.47 Å². The molecule has 1 heterocycles. The van der Waals surface area contributed by atoms with E-state index in [9.17, 15) is 19.2 Å². The zero-order valence-corrected chi connectivity index (χ0v) is 19.3. The molecule has 4 rings (SSSR count). The van der Waals surface area contributed by atoms with Gasteiger partial charge in [0.25, 0.3) is 5.91 Å². The van der Waals surface area contributed by atoms with E-state index in [1.54, 1.807) is 36.4 Å². The number of benzene rings is 2. The van der Waals surface area contributed by atoms with E-state index in [1.807, 2.05) is 6.92 Å². The Morgan fingerprint density at radius 2 is 1.71 bits per heavy atom. The molecule has 8 heteroatoms. The summed E-state index contributed by atoms with van der Waals surface area (Å²) in [5, 5.41) is 2.66. The van der Waals surface area contributed by atoms with Gasteiger partial charge in [-0.3, -0.25) is 19.3 Å². The van der Waals surface area contributed by atoms with Gasteiger partial charge in [0.2, 0.25) is 11.8 Å². The Kier molecular flexibility index (Phi) is 6.95. The number of hydrogen-bond donors (Lipinski definition) is 1. The van der Waals surface area contributed by atoms with Crippen LogP contribution in [0.25, 0.3) is 0 Å². The van der Waals surface area contributed by atoms with E-state index in [-0.39, 0.29) is 29.2 Å². The van der Waals surface area contributed by atoms with E-state index in [1.165, 1.54) is 17.0 Å². The van der Waals surface area contributed by atoms with Crippen LogP contribution in [0.5, 0.6) is 5.75 Å². The summed E-state index contributed by atoms with van der Waals surface area (Å²) in [7, 11) is 0. The lowest BCUT2D eigenvalue weighted by atomic mass is 9.76. The molecular formula is C26H28N2O6. The van der Waals surface area contributed by atoms with E-state index >= 15 is 0 Å². The highest BCUT2D eigenvalue weighted by Crippen LogP contribution is 2.42. The third kappa shape index (κ3) is 4.81. The van der Waals surface area contributed by atoms with Crippen LogP contribution in [0.15, 0.2) is 48.5 Å². The molecule has 2 aliphatic rings. The van der Waals surface area contributed by atoms with Crippen molar-refractivity contribution >= 4 is 35.1 Å². The number of ether oxygens (including phenoxy) is 2. The summed E-state index contributed by atoms with van der Waals surface area (Å²) >= 11 is 0. The number of nitrogens with one attached hydrogen (secondary N) is 1. The van der Waals surface area contributed by atoms with Crippen LogP contribution in [-0.2, 0) is 19.1 Å². The Morgan fingerprint density at radius 1 is 1.00 bits per heavy atom. The molecular weight excluding hydrogens is 436 g/mol. The zero-order valence-electron chi connectivity index (χ0n) is 19.3. The zero-order chi connectivity index (χ0) is 24.2. The van der Waals surface area contributed by atoms with Crippen LogP contribution in [0.1, 0.15) is 43.5 Å². The van der Waals surface area contributed by atoms with Crippen LogP contribution in [-0.4, -0.2) is 36.9 Å². The Morgan fingerprint density at radius 3 is 2.44 bits per heavy atom. The number of amides is 3. The highest BCUT2D eigenvalue weighted by molar-refractivity contribution is 6.22. The molecule has 0 radical (unpaired) electrons. The lowest BCUT2D eigenvalue weighted by Crippen LogP contribution is -2.30. The number of rotatable bonds is 7. The highest BCUT2D eigenvalue weighted by atomic mass is 16.5. The van der Waals surface area contributed by atoms with Crippen molar-refractivity contribution in [2.45, 2.75) is 33.1 Å². The van der Waals surface area contributed by atoms with Crippen molar-refractivity contribution in [2.24, 2.45) is 17.8 Å². The summed E-state index contributed by atoms with van der Waals surface area (Å²) in [5.41, 5.74) is 1.15. The van der Waals surface area contributed by atoms with Crippen molar-refractivity contribution in [3.8, 4) is 5.75 Å². The molecule has 2 aromatic rings. The lowest BCUT2D eigenvalue weighted by molar-refractivity contribution is -0.122. The standard InChI is InChI=1S/C26H28N2O6/c1-3-33-22-7-5-4-6-21(22)27-23(29)15-34-26(32)17-9-11-18(12-10-17)28-24(30)19-13-8-16(2)14-20(19)25(28)31/h4-7,9-12,16,19-20H,3,8,13-15H2,1-2H3,(H,27,29)/t16-,19+,20-/m0/s1. The molecule has 2 aromatic carbocycles. The molecule has 0 bridgehead atoms. The van der Waals surface area contributed by atoms with E-state index in [0.717, 1.165) is 19.3 Å². The largest absolute Gasteiger partial charge is 0.492 e. The van der Waals surface area contributed by atoms with E-state index in [0.29, 0.717) is 29.6 Å². The average Bonchev–Trinajstić information content (AvgIpc) is 3.08. The summed E-state index contributed by atoms with van der Waals surface area (Å²) in [6.45, 7) is 3.93. The fraction of sp³-hybridized carbons (Fsp3) is 0.385. The maximum atomic E-state index is 12.9. The number of esters is 1. The average molecular weight is 465 g/mol. The molecule has 2 fully saturated rings. The third-order valence-corrected chi connectivity index (χ3v) is 6.34. The number of fused-ring (bicyclic) bond motifs is 1. The second-order valence-electron chi connectivity index (χ2n) is 8.74. The van der Waals surface area contributed by atoms with Crippen molar-refractivity contribution < 1.29 is 28.7 Å². The minimum Gasteiger partial charge on any atom is -0.492 e. The Hall–Kier alpha value is -3.68. The van der Waals surface area contributed by atoms with Crippen molar-refractivity contribution in [3.63, 3.8) is 0 Å². The van der Waals surface area contributed by atoms with Crippen LogP contribution in [0.3, 0.4) is 0 Å². The summed E-state index contributed by atoms with van der Waals surface area (Å²) in [6.07, 6.45) is 2.41. The molecule has 3 atom stereocenters. The quantitative estimate of drug-likeness (QED) is 0.494. The Labute approximate surface area is 198 Å². The van der Waals surface area contributed by atoms with Gasteiger partial charge < -0.3 is 14.8 Å². The highest BCUT2D eigenvalue weighted by Gasteiger charge is 2.49. The van der Waals surface area contributed by atoms with Gasteiger partial charge in [-0.25, -0.2) is 4.79 Å². The Balaban J connectivity index is 1.35. The fourth-order valence-corrected chi connectivity index (χ4v) is 4.64. The number of hydrogen-bond acceptors (Lipinski definition) is 6. The first-order valence-corrected chi connectivity index (χ1v) is 11.6. The predicted molar refractivity (Wildman–Crippen MR) is 125 cm³/mol. The monoisotopic (exact) mass is 464 g/mol. The van der Waals surface area contributed by atoms with E-state index < -0.39 is 18.5 Å². The maximum Gasteiger partial charge on any atom is 0.338 e. The molecule has 1 N–H and O–H groups in total. The van der Waals surface area contributed by atoms with Gasteiger partial charge in [0.15, 0.2) is 6.61 Å². The molecule has 3 amide bonds. The first-order chi connectivity index (χ1) is 16.4. The normalized spacial score (nSPS) is 21.7. The molecule has 178 valence electrons. The minimum absolute atomic E-state index is 0.166. The summed E-state index contributed by atoms with van der Waals surface area (Å²) in [6, 6.07) is 13.1. The number of carbonyl (C=O) groups excluding carboxylic acids is 4. The van der Waals surface area contributed by atoms with Crippen molar-refractivity contribution in [3.05, 3.63) is 54.1 Å². The van der Waals surface area contributed by atoms with Gasteiger partial charge >= 0.3 is 5.97 Å². The summed E-state index contributed by atoms with van der Waals surface area (Å²) < 4.78 is 10.6. The molecule has 1 aliphatic heterocycles. The molecule has 0 aromatic heterocycles. The van der Waals surface area contributed by atoms with Crippen LogP contribution >= 0.6 is 0 Å². The molecule has 1 saturated carbocycles. The second kappa shape index (κ2) is 10.1. The topological polar surface area (TPSA) is 102 Å². The number of carbonyl (C=O) groups is 4. The van der Waals surface area contributed by atoms with Gasteiger partial charge in [-0.15, -0.1) is 0 Å². The van der Waals surface area contributed by atoms with Crippen molar-refractivity contribution in [1.29, 1.82) is 0 Å². The van der Waals surface area contributed by atoms with Crippen LogP contribution in [0, 0.1) is 17.8 Å². The molecule has 34 heavy (non-hydrogen) atoms. The van der Waals surface area contributed by atoms with Gasteiger partial charge in [-0.2, -0.15) is 0 Å². The lowest BCUT2D eigenvalue weighted by Gasteiger charge is -2.25. The third-order valence-electron chi connectivity index (χ3n) is 6.34. The van der Waals surface area contributed by atoms with Crippen molar-refractivity contribution in [1.82, 2.24) is 0 Å². The van der Waals surface area contributed by atoms with Gasteiger partial charge in [0, 0.05) is 0 Å². The van der Waals surface area contributed by atoms with Crippen molar-refractivity contribution in [2.75, 3.05) is 23.4 Å². The molecule has 0 unspecified atom stereocenters.